The van der Waals surface area contributed by atoms with Crippen LogP contribution in [-0.2, 0) is 9.98 Å². The van der Waals surface area contributed by atoms with Crippen LogP contribution >= 0.6 is 7.14 Å². The van der Waals surface area contributed by atoms with E-state index in [1.54, 1.807) is 0 Å². The third-order valence-electron chi connectivity index (χ3n) is 17.3. The molecule has 0 fully saturated rings. The van der Waals surface area contributed by atoms with Gasteiger partial charge in [-0.15, -0.1) is 0 Å². The van der Waals surface area contributed by atoms with Crippen LogP contribution in [-0.4, -0.2) is 0 Å². The normalized spacial score (nSPS) is 15.9. The molecule has 0 spiro atoms. The number of aryl methyl sites for hydroxylation is 2. The quantitative estimate of drug-likeness (QED) is 0.164. The van der Waals surface area contributed by atoms with Crippen molar-refractivity contribution in [2.24, 2.45) is 0 Å². The van der Waals surface area contributed by atoms with E-state index in [-0.39, 0.29) is 0 Å². The maximum atomic E-state index is 18.3. The molecule has 4 aliphatic heterocycles. The highest BCUT2D eigenvalue weighted by Crippen LogP contribution is 2.71. The minimum Gasteiger partial charge on any atom is -0.456 e. The van der Waals surface area contributed by atoms with Crippen LogP contribution in [0.3, 0.4) is 0 Å². The lowest BCUT2D eigenvalue weighted by molar-refractivity contribution is 0.462. The molecule has 12 aromatic carbocycles. The molecule has 7 heteroatoms. The lowest BCUT2D eigenvalue weighted by Crippen LogP contribution is -2.47. The Morgan fingerprint density at radius 1 is 0.397 bits per heavy atom. The lowest BCUT2D eigenvalue weighted by atomic mass is 9.61. The van der Waals surface area contributed by atoms with Gasteiger partial charge >= 0.3 is 0 Å². The Morgan fingerprint density at radius 2 is 0.910 bits per heavy atom. The molecule has 2 aromatic heterocycles. The fourth-order valence-corrected chi connectivity index (χ4v) is 17.4. The van der Waals surface area contributed by atoms with Crippen molar-refractivity contribution in [2.75, 3.05) is 4.90 Å². The molecule has 0 bridgehead atoms. The average Bonchev–Trinajstić information content (AvgIpc) is 2.30. The van der Waals surface area contributed by atoms with Gasteiger partial charge in [0, 0.05) is 32.7 Å². The average molecular weight is 1020 g/mol. The third-order valence-corrected chi connectivity index (χ3v) is 20.4. The van der Waals surface area contributed by atoms with Crippen LogP contribution in [0.4, 0.5) is 17.1 Å². The van der Waals surface area contributed by atoms with Crippen molar-refractivity contribution >= 4 is 106 Å². The zero-order chi connectivity index (χ0) is 51.3. The molecule has 14 aromatic rings. The molecule has 18 rings (SSSR count). The van der Waals surface area contributed by atoms with E-state index >= 15 is 4.57 Å². The molecular weight excluding hydrogens is 978 g/mol. The molecule has 0 amide bonds. The van der Waals surface area contributed by atoms with Crippen molar-refractivity contribution in [2.45, 2.75) is 19.3 Å². The summed E-state index contributed by atoms with van der Waals surface area (Å²) in [6, 6.07) is 77.7. The first-order valence-electron chi connectivity index (χ1n) is 26.5. The molecular formula is C71H42NO5P. The van der Waals surface area contributed by atoms with Crippen LogP contribution in [0.2, 0.25) is 0 Å². The van der Waals surface area contributed by atoms with Gasteiger partial charge < -0.3 is 27.8 Å². The van der Waals surface area contributed by atoms with Crippen LogP contribution in [0.1, 0.15) is 33.4 Å². The van der Waals surface area contributed by atoms with Crippen molar-refractivity contribution in [1.29, 1.82) is 0 Å². The second-order valence-corrected chi connectivity index (χ2v) is 24.1. The summed E-state index contributed by atoms with van der Waals surface area (Å²) in [5.74, 6) is 2.25. The van der Waals surface area contributed by atoms with Gasteiger partial charge in [-0.05, 0) is 159 Å². The standard InChI is InChI=1S/C71H42NO5P/c1-39-21-25-57-55(29-39)71(47-17-5-3-6-18-47,48-19-7-4-8-20-48)56-38-50(46-23-28-60-52(35-46)54-33-42-14-10-12-16-44(42)37-62(54)75-60)67-70-65(56)72(57)58-26-24-49(66-68(58)78(70,73)69-63(76-66)30-40(2)31-64(69)77-67)45-22-27-59-51(34-45)53-32-41-13-9-11-15-43(41)36-61(53)74-59/h3-38H,1-2H3. The van der Waals surface area contributed by atoms with Gasteiger partial charge in [-0.2, -0.15) is 0 Å². The van der Waals surface area contributed by atoms with Crippen LogP contribution in [0.15, 0.2) is 227 Å². The van der Waals surface area contributed by atoms with E-state index in [0.29, 0.717) is 38.9 Å². The molecule has 6 heterocycles. The fraction of sp³-hybridized carbons (Fsp3) is 0.0423. The van der Waals surface area contributed by atoms with Crippen molar-refractivity contribution in [3.63, 3.8) is 0 Å². The van der Waals surface area contributed by atoms with E-state index < -0.39 is 12.6 Å². The summed E-state index contributed by atoms with van der Waals surface area (Å²) < 4.78 is 46.3. The molecule has 0 saturated heterocycles. The first-order valence-corrected chi connectivity index (χ1v) is 28.3. The van der Waals surface area contributed by atoms with Crippen molar-refractivity contribution in [3.8, 4) is 45.3 Å². The fourth-order valence-electron chi connectivity index (χ4n) is 14.0. The summed E-state index contributed by atoms with van der Waals surface area (Å²) in [5.41, 5.74) is 15.0. The Kier molecular flexibility index (Phi) is 8.11. The van der Waals surface area contributed by atoms with Crippen LogP contribution in [0, 0.1) is 13.8 Å². The van der Waals surface area contributed by atoms with Gasteiger partial charge in [0.2, 0.25) is 0 Å². The number of benzene rings is 12. The molecule has 1 atom stereocenters. The largest absolute Gasteiger partial charge is 0.456 e. The van der Waals surface area contributed by atoms with Gasteiger partial charge in [0.05, 0.1) is 33.1 Å². The number of fused-ring (bicyclic) bond motifs is 11. The van der Waals surface area contributed by atoms with E-state index in [4.69, 9.17) is 18.3 Å². The van der Waals surface area contributed by atoms with E-state index in [1.807, 2.05) is 12.1 Å². The van der Waals surface area contributed by atoms with Gasteiger partial charge in [-0.3, -0.25) is 0 Å². The summed E-state index contributed by atoms with van der Waals surface area (Å²) in [5, 5.41) is 10.5. The van der Waals surface area contributed by atoms with E-state index in [1.165, 1.54) is 0 Å². The summed E-state index contributed by atoms with van der Waals surface area (Å²) in [4.78, 5) is 2.38. The number of rotatable bonds is 4. The highest BCUT2D eigenvalue weighted by Gasteiger charge is 2.59. The highest BCUT2D eigenvalue weighted by molar-refractivity contribution is 7.87. The molecule has 78 heavy (non-hydrogen) atoms. The number of furan rings is 2. The van der Waals surface area contributed by atoms with Gasteiger partial charge in [0.25, 0.3) is 0 Å². The van der Waals surface area contributed by atoms with E-state index in [9.17, 15) is 0 Å². The molecule has 0 aliphatic carbocycles. The Hall–Kier alpha value is -9.61. The first kappa shape index (κ1) is 42.6. The third kappa shape index (κ3) is 5.35. The predicted molar refractivity (Wildman–Crippen MR) is 316 cm³/mol. The monoisotopic (exact) mass is 1020 g/mol. The zero-order valence-corrected chi connectivity index (χ0v) is 43.1. The summed E-state index contributed by atoms with van der Waals surface area (Å²) in [6.45, 7) is 4.22. The van der Waals surface area contributed by atoms with E-state index in [0.717, 1.165) is 138 Å². The van der Waals surface area contributed by atoms with Crippen molar-refractivity contribution in [1.82, 2.24) is 0 Å². The van der Waals surface area contributed by atoms with E-state index in [2.05, 4.69) is 225 Å². The summed E-state index contributed by atoms with van der Waals surface area (Å²) >= 11 is 0. The Labute approximate surface area is 447 Å². The highest BCUT2D eigenvalue weighted by atomic mass is 31.2. The molecule has 4 aliphatic rings. The Balaban J connectivity index is 0.987. The van der Waals surface area contributed by atoms with Gasteiger partial charge in [0.1, 0.15) is 50.6 Å². The topological polar surface area (TPSA) is 65.0 Å². The second-order valence-electron chi connectivity index (χ2n) is 21.6. The number of hydrogen-bond donors (Lipinski definition) is 0. The smallest absolute Gasteiger partial charge is 0.189 e. The maximum absolute atomic E-state index is 18.3. The number of anilines is 3. The minimum atomic E-state index is -3.94. The lowest BCUT2D eigenvalue weighted by Gasteiger charge is -2.52. The maximum Gasteiger partial charge on any atom is 0.189 e. The van der Waals surface area contributed by atoms with Crippen molar-refractivity contribution in [3.05, 3.63) is 252 Å². The van der Waals surface area contributed by atoms with Crippen LogP contribution < -0.4 is 30.3 Å². The van der Waals surface area contributed by atoms with Crippen LogP contribution in [0.25, 0.3) is 87.7 Å². The second kappa shape index (κ2) is 14.9. The number of hydrogen-bond acceptors (Lipinski definition) is 6. The van der Waals surface area contributed by atoms with Gasteiger partial charge in [0.15, 0.2) is 7.14 Å². The van der Waals surface area contributed by atoms with Gasteiger partial charge in [-0.25, -0.2) is 0 Å². The molecule has 0 N–H and O–H groups in total. The molecule has 6 nitrogen and oxygen atoms in total. The zero-order valence-electron chi connectivity index (χ0n) is 42.2. The molecule has 0 radical (unpaired) electrons. The number of ether oxygens (including phenoxy) is 2. The molecule has 0 saturated carbocycles. The Bertz CT molecular complexity index is 5050. The van der Waals surface area contributed by atoms with Crippen molar-refractivity contribution < 1.29 is 22.9 Å². The minimum absolute atomic E-state index is 0.543. The number of nitrogens with zero attached hydrogens (tertiary/aromatic N) is 1. The SMILES string of the molecule is Cc1cc2c3c(c1)Oc1c(-c4ccc5oc6cc7ccccc7cc6c5c4)cc4c5c1P3(=O)c1c(ccc(-c3ccc6oc7cc8ccccc8cc7c6c3)c1O2)N5c1ccc(C)cc1C4(c1ccccc1)c1ccccc1. The van der Waals surface area contributed by atoms with Crippen LogP contribution in [0.5, 0.6) is 23.0 Å². The summed E-state index contributed by atoms with van der Waals surface area (Å²) in [6.07, 6.45) is 0. The predicted octanol–water partition coefficient (Wildman–Crippen LogP) is 18.1. The first-order chi connectivity index (χ1) is 38.3. The summed E-state index contributed by atoms with van der Waals surface area (Å²) in [7, 11) is -3.94. The molecule has 1 unspecified atom stereocenters. The molecule has 366 valence electrons. The van der Waals surface area contributed by atoms with Gasteiger partial charge in [-0.1, -0.05) is 139 Å². The Morgan fingerprint density at radius 3 is 1.50 bits per heavy atom.